The van der Waals surface area contributed by atoms with E-state index in [4.69, 9.17) is 0 Å². The van der Waals surface area contributed by atoms with Gasteiger partial charge in [0.15, 0.2) is 0 Å². The average molecular weight is 549 g/mol. The van der Waals surface area contributed by atoms with Crippen molar-refractivity contribution in [2.45, 2.75) is 213 Å². The standard InChI is InChI=1S/C37H76N2/c1-5-9-13-17-21-27-36(26-20-16-12-8-4)38-32-24-25-35-30-33-39(34-31-35)37(28-22-18-14-10-6-2)29-23-19-15-11-7-3/h35-38H,5-34H2,1-4H3. The summed E-state index contributed by atoms with van der Waals surface area (Å²) in [5, 5.41) is 4.02. The predicted molar refractivity (Wildman–Crippen MR) is 178 cm³/mol. The lowest BCUT2D eigenvalue weighted by Crippen LogP contribution is -2.41. The molecule has 1 fully saturated rings. The van der Waals surface area contributed by atoms with Crippen molar-refractivity contribution in [1.29, 1.82) is 0 Å². The zero-order chi connectivity index (χ0) is 28.2. The monoisotopic (exact) mass is 549 g/mol. The van der Waals surface area contributed by atoms with E-state index >= 15 is 0 Å². The fourth-order valence-corrected chi connectivity index (χ4v) is 6.94. The molecule has 0 aliphatic carbocycles. The molecule has 0 aromatic heterocycles. The van der Waals surface area contributed by atoms with Crippen LogP contribution in [0.1, 0.15) is 201 Å². The maximum absolute atomic E-state index is 4.02. The fourth-order valence-electron chi connectivity index (χ4n) is 6.94. The first-order valence-corrected chi connectivity index (χ1v) is 18.7. The highest BCUT2D eigenvalue weighted by Gasteiger charge is 2.24. The van der Waals surface area contributed by atoms with Crippen molar-refractivity contribution in [3.63, 3.8) is 0 Å². The van der Waals surface area contributed by atoms with Crippen molar-refractivity contribution in [3.8, 4) is 0 Å². The number of nitrogens with one attached hydrogen (secondary N) is 1. The minimum Gasteiger partial charge on any atom is -0.314 e. The van der Waals surface area contributed by atoms with Crippen LogP contribution in [0.15, 0.2) is 0 Å². The van der Waals surface area contributed by atoms with Crippen molar-refractivity contribution < 1.29 is 0 Å². The Balaban J connectivity index is 2.32. The van der Waals surface area contributed by atoms with E-state index < -0.39 is 0 Å². The van der Waals surface area contributed by atoms with Gasteiger partial charge in [-0.15, -0.1) is 0 Å². The molecule has 0 bridgehead atoms. The SMILES string of the molecule is CCCCCCCC(CCCCCC)NCCCC1CCN(C(CCCCCCC)CCCCCCC)CC1. The van der Waals surface area contributed by atoms with Crippen molar-refractivity contribution in [3.05, 3.63) is 0 Å². The van der Waals surface area contributed by atoms with Crippen LogP contribution in [0.2, 0.25) is 0 Å². The van der Waals surface area contributed by atoms with Gasteiger partial charge in [0, 0.05) is 12.1 Å². The molecule has 2 nitrogen and oxygen atoms in total. The lowest BCUT2D eigenvalue weighted by molar-refractivity contribution is 0.112. The molecule has 1 unspecified atom stereocenters. The molecule has 0 aromatic rings. The van der Waals surface area contributed by atoms with Gasteiger partial charge >= 0.3 is 0 Å². The van der Waals surface area contributed by atoms with E-state index in [1.54, 1.807) is 0 Å². The van der Waals surface area contributed by atoms with Gasteiger partial charge in [0.25, 0.3) is 0 Å². The van der Waals surface area contributed by atoms with Gasteiger partial charge in [-0.2, -0.15) is 0 Å². The Labute approximate surface area is 248 Å². The molecule has 1 aliphatic rings. The number of likely N-dealkylation sites (tertiary alicyclic amines) is 1. The molecular formula is C37H76N2. The van der Waals surface area contributed by atoms with E-state index in [1.165, 1.54) is 193 Å². The first-order chi connectivity index (χ1) is 19.2. The molecule has 0 amide bonds. The normalized spacial score (nSPS) is 15.9. The number of piperidine rings is 1. The Morgan fingerprint density at radius 1 is 0.513 bits per heavy atom. The first kappa shape index (κ1) is 36.9. The second-order valence-corrected chi connectivity index (χ2v) is 13.4. The number of hydrogen-bond donors (Lipinski definition) is 1. The molecule has 1 rings (SSSR count). The molecule has 1 saturated heterocycles. The number of nitrogens with zero attached hydrogens (tertiary/aromatic N) is 1. The Morgan fingerprint density at radius 3 is 1.38 bits per heavy atom. The van der Waals surface area contributed by atoms with Crippen LogP contribution in [0.5, 0.6) is 0 Å². The van der Waals surface area contributed by atoms with E-state index in [9.17, 15) is 0 Å². The van der Waals surface area contributed by atoms with E-state index in [1.807, 2.05) is 0 Å². The third kappa shape index (κ3) is 21.3. The zero-order valence-corrected chi connectivity index (χ0v) is 27.9. The number of hydrogen-bond acceptors (Lipinski definition) is 2. The van der Waals surface area contributed by atoms with Gasteiger partial charge < -0.3 is 10.2 Å². The predicted octanol–water partition coefficient (Wildman–Crippen LogP) is 11.9. The molecule has 0 radical (unpaired) electrons. The van der Waals surface area contributed by atoms with Gasteiger partial charge in [-0.3, -0.25) is 0 Å². The van der Waals surface area contributed by atoms with E-state index in [0.29, 0.717) is 0 Å². The van der Waals surface area contributed by atoms with Gasteiger partial charge in [0.1, 0.15) is 0 Å². The van der Waals surface area contributed by atoms with Crippen LogP contribution in [0.4, 0.5) is 0 Å². The van der Waals surface area contributed by atoms with Crippen molar-refractivity contribution in [2.75, 3.05) is 19.6 Å². The zero-order valence-electron chi connectivity index (χ0n) is 27.9. The lowest BCUT2D eigenvalue weighted by Gasteiger charge is -2.38. The summed E-state index contributed by atoms with van der Waals surface area (Å²) in [5.74, 6) is 0.981. The lowest BCUT2D eigenvalue weighted by atomic mass is 9.89. The molecule has 234 valence electrons. The second kappa shape index (κ2) is 28.1. The third-order valence-electron chi connectivity index (χ3n) is 9.73. The summed E-state index contributed by atoms with van der Waals surface area (Å²) in [6.45, 7) is 13.3. The Bertz CT molecular complexity index is 456. The van der Waals surface area contributed by atoms with Crippen LogP contribution < -0.4 is 5.32 Å². The van der Waals surface area contributed by atoms with Crippen LogP contribution in [-0.4, -0.2) is 36.6 Å². The van der Waals surface area contributed by atoms with Gasteiger partial charge in [-0.05, 0) is 76.9 Å². The van der Waals surface area contributed by atoms with Crippen LogP contribution in [-0.2, 0) is 0 Å². The van der Waals surface area contributed by atoms with Crippen molar-refractivity contribution in [2.24, 2.45) is 5.92 Å². The van der Waals surface area contributed by atoms with Gasteiger partial charge in [0.2, 0.25) is 0 Å². The quantitative estimate of drug-likeness (QED) is 0.0935. The van der Waals surface area contributed by atoms with Crippen LogP contribution in [0, 0.1) is 5.92 Å². The molecule has 2 heteroatoms. The molecule has 1 aliphatic heterocycles. The third-order valence-corrected chi connectivity index (χ3v) is 9.73. The summed E-state index contributed by atoms with van der Waals surface area (Å²) in [6, 6.07) is 1.66. The topological polar surface area (TPSA) is 15.3 Å². The Kier molecular flexibility index (Phi) is 26.6. The van der Waals surface area contributed by atoms with E-state index in [0.717, 1.165) is 18.0 Å². The summed E-state index contributed by atoms with van der Waals surface area (Å²) >= 11 is 0. The number of unbranched alkanes of at least 4 members (excludes halogenated alkanes) is 15. The molecule has 1 heterocycles. The summed E-state index contributed by atoms with van der Waals surface area (Å²) in [7, 11) is 0. The first-order valence-electron chi connectivity index (χ1n) is 18.7. The largest absolute Gasteiger partial charge is 0.314 e. The fraction of sp³-hybridized carbons (Fsp3) is 1.00. The minimum absolute atomic E-state index is 0.778. The molecule has 1 atom stereocenters. The van der Waals surface area contributed by atoms with Crippen LogP contribution >= 0.6 is 0 Å². The maximum atomic E-state index is 4.02. The highest BCUT2D eigenvalue weighted by molar-refractivity contribution is 4.79. The van der Waals surface area contributed by atoms with Gasteiger partial charge in [-0.1, -0.05) is 150 Å². The molecular weight excluding hydrogens is 472 g/mol. The summed E-state index contributed by atoms with van der Waals surface area (Å²) in [6.07, 6.45) is 38.6. The summed E-state index contributed by atoms with van der Waals surface area (Å²) in [5.41, 5.74) is 0. The van der Waals surface area contributed by atoms with Gasteiger partial charge in [-0.25, -0.2) is 0 Å². The molecule has 0 aromatic carbocycles. The Morgan fingerprint density at radius 2 is 0.923 bits per heavy atom. The summed E-state index contributed by atoms with van der Waals surface area (Å²) < 4.78 is 0. The molecule has 39 heavy (non-hydrogen) atoms. The molecule has 1 N–H and O–H groups in total. The highest BCUT2D eigenvalue weighted by atomic mass is 15.2. The smallest absolute Gasteiger partial charge is 0.00952 e. The number of rotatable bonds is 29. The average Bonchev–Trinajstić information content (AvgIpc) is 2.96. The molecule has 0 spiro atoms. The van der Waals surface area contributed by atoms with Crippen LogP contribution in [0.3, 0.4) is 0 Å². The molecule has 0 saturated carbocycles. The van der Waals surface area contributed by atoms with Crippen molar-refractivity contribution in [1.82, 2.24) is 10.2 Å². The second-order valence-electron chi connectivity index (χ2n) is 13.4. The van der Waals surface area contributed by atoms with E-state index in [2.05, 4.69) is 37.9 Å². The van der Waals surface area contributed by atoms with Crippen LogP contribution in [0.25, 0.3) is 0 Å². The minimum atomic E-state index is 0.778. The Hall–Kier alpha value is -0.0800. The summed E-state index contributed by atoms with van der Waals surface area (Å²) in [4.78, 5) is 2.93. The highest BCUT2D eigenvalue weighted by Crippen LogP contribution is 2.27. The van der Waals surface area contributed by atoms with Gasteiger partial charge in [0.05, 0.1) is 0 Å². The van der Waals surface area contributed by atoms with E-state index in [-0.39, 0.29) is 0 Å². The van der Waals surface area contributed by atoms with Crippen molar-refractivity contribution >= 4 is 0 Å². The maximum Gasteiger partial charge on any atom is 0.00952 e.